The highest BCUT2D eigenvalue weighted by Gasteiger charge is 2.27. The standard InChI is InChI=1S/C22H20FN3O4S/c23-18-8-6-16(7-9-18)21-11-10-19(30-21)15-24-25-22(27)17-4-3-5-20(14-17)31(28,29)26-12-1-2-13-26/h3-11,14-15H,1-2,12-13H2,(H,25,27). The van der Waals surface area contributed by atoms with Crippen LogP contribution in [0.5, 0.6) is 0 Å². The lowest BCUT2D eigenvalue weighted by Gasteiger charge is -2.15. The lowest BCUT2D eigenvalue weighted by molar-refractivity contribution is 0.0955. The Hall–Kier alpha value is -3.30. The number of amides is 1. The van der Waals surface area contributed by atoms with Crippen LogP contribution in [-0.4, -0.2) is 37.9 Å². The van der Waals surface area contributed by atoms with E-state index in [4.69, 9.17) is 4.42 Å². The van der Waals surface area contributed by atoms with Gasteiger partial charge in [0.25, 0.3) is 5.91 Å². The first-order valence-electron chi connectivity index (χ1n) is 9.73. The van der Waals surface area contributed by atoms with Gasteiger partial charge in [-0.05, 0) is 67.4 Å². The van der Waals surface area contributed by atoms with Gasteiger partial charge in [0, 0.05) is 24.2 Å². The number of nitrogens with one attached hydrogen (secondary N) is 1. The molecule has 0 radical (unpaired) electrons. The number of hydrogen-bond donors (Lipinski definition) is 1. The summed E-state index contributed by atoms with van der Waals surface area (Å²) in [6.45, 7) is 0.984. The van der Waals surface area contributed by atoms with Crippen molar-refractivity contribution in [3.8, 4) is 11.3 Å². The molecule has 1 aliphatic heterocycles. The molecule has 9 heteroatoms. The fourth-order valence-corrected chi connectivity index (χ4v) is 4.85. The number of sulfonamides is 1. The van der Waals surface area contributed by atoms with Crippen LogP contribution in [0.4, 0.5) is 4.39 Å². The molecule has 160 valence electrons. The molecule has 2 aromatic carbocycles. The highest BCUT2D eigenvalue weighted by Crippen LogP contribution is 2.22. The van der Waals surface area contributed by atoms with Gasteiger partial charge in [-0.25, -0.2) is 18.2 Å². The van der Waals surface area contributed by atoms with Crippen molar-refractivity contribution in [1.29, 1.82) is 0 Å². The molecular formula is C22H20FN3O4S. The number of benzene rings is 2. The maximum atomic E-state index is 13.0. The molecule has 1 saturated heterocycles. The molecule has 1 aliphatic rings. The van der Waals surface area contributed by atoms with Crippen molar-refractivity contribution >= 4 is 22.1 Å². The van der Waals surface area contributed by atoms with Gasteiger partial charge in [-0.1, -0.05) is 6.07 Å². The Bertz CT molecular complexity index is 1210. The summed E-state index contributed by atoms with van der Waals surface area (Å²) in [5.41, 5.74) is 3.26. The summed E-state index contributed by atoms with van der Waals surface area (Å²) in [4.78, 5) is 12.5. The van der Waals surface area contributed by atoms with Crippen LogP contribution in [-0.2, 0) is 10.0 Å². The highest BCUT2D eigenvalue weighted by molar-refractivity contribution is 7.89. The van der Waals surface area contributed by atoms with Crippen molar-refractivity contribution in [2.75, 3.05) is 13.1 Å². The van der Waals surface area contributed by atoms with E-state index in [1.165, 1.54) is 46.9 Å². The zero-order valence-corrected chi connectivity index (χ0v) is 17.3. The quantitative estimate of drug-likeness (QED) is 0.467. The molecule has 31 heavy (non-hydrogen) atoms. The Balaban J connectivity index is 1.42. The monoisotopic (exact) mass is 441 g/mol. The topological polar surface area (TPSA) is 92.0 Å². The molecule has 1 aromatic heterocycles. The number of halogens is 1. The minimum atomic E-state index is -3.61. The Labute approximate surface area is 179 Å². The van der Waals surface area contributed by atoms with E-state index < -0.39 is 15.9 Å². The van der Waals surface area contributed by atoms with E-state index in [0.717, 1.165) is 12.8 Å². The van der Waals surface area contributed by atoms with Crippen LogP contribution in [0.1, 0.15) is 29.0 Å². The molecule has 0 aliphatic carbocycles. The van der Waals surface area contributed by atoms with Gasteiger partial charge >= 0.3 is 0 Å². The fraction of sp³-hybridized carbons (Fsp3) is 0.182. The second-order valence-electron chi connectivity index (χ2n) is 7.05. The van der Waals surface area contributed by atoms with Crippen molar-refractivity contribution in [3.05, 3.63) is 77.8 Å². The predicted octanol–water partition coefficient (Wildman–Crippen LogP) is 3.63. The number of carbonyl (C=O) groups is 1. The van der Waals surface area contributed by atoms with Gasteiger partial charge in [0.15, 0.2) is 0 Å². The first kappa shape index (κ1) is 21.0. The molecule has 0 unspecified atom stereocenters. The summed E-state index contributed by atoms with van der Waals surface area (Å²) in [6.07, 6.45) is 3.00. The zero-order valence-electron chi connectivity index (χ0n) is 16.5. The molecule has 0 saturated carbocycles. The third-order valence-electron chi connectivity index (χ3n) is 4.91. The largest absolute Gasteiger partial charge is 0.455 e. The molecule has 0 atom stereocenters. The van der Waals surface area contributed by atoms with Gasteiger partial charge in [-0.15, -0.1) is 0 Å². The van der Waals surface area contributed by atoms with Crippen LogP contribution in [0.25, 0.3) is 11.3 Å². The Morgan fingerprint density at radius 1 is 1.06 bits per heavy atom. The minimum Gasteiger partial charge on any atom is -0.455 e. The average molecular weight is 441 g/mol. The first-order chi connectivity index (χ1) is 14.9. The third-order valence-corrected chi connectivity index (χ3v) is 6.81. The van der Waals surface area contributed by atoms with Gasteiger partial charge in [-0.2, -0.15) is 9.41 Å². The van der Waals surface area contributed by atoms with E-state index in [9.17, 15) is 17.6 Å². The number of nitrogens with zero attached hydrogens (tertiary/aromatic N) is 2. The molecule has 1 amide bonds. The zero-order chi connectivity index (χ0) is 21.8. The number of hydrogen-bond acceptors (Lipinski definition) is 5. The Morgan fingerprint density at radius 2 is 1.81 bits per heavy atom. The van der Waals surface area contributed by atoms with Crippen LogP contribution in [0, 0.1) is 5.82 Å². The maximum absolute atomic E-state index is 13.0. The average Bonchev–Trinajstić information content (AvgIpc) is 3.47. The number of furan rings is 1. The summed E-state index contributed by atoms with van der Waals surface area (Å²) in [6, 6.07) is 15.1. The molecule has 0 bridgehead atoms. The van der Waals surface area contributed by atoms with Gasteiger partial charge in [0.05, 0.1) is 11.1 Å². The smallest absolute Gasteiger partial charge is 0.271 e. The number of rotatable bonds is 6. The van der Waals surface area contributed by atoms with E-state index in [0.29, 0.717) is 30.2 Å². The lowest BCUT2D eigenvalue weighted by atomic mass is 10.2. The van der Waals surface area contributed by atoms with E-state index in [-0.39, 0.29) is 16.3 Å². The Kier molecular flexibility index (Phi) is 5.97. The van der Waals surface area contributed by atoms with Gasteiger partial charge in [-0.3, -0.25) is 4.79 Å². The minimum absolute atomic E-state index is 0.0843. The molecular weight excluding hydrogens is 421 g/mol. The third kappa shape index (κ3) is 4.73. The van der Waals surface area contributed by atoms with Crippen LogP contribution >= 0.6 is 0 Å². The number of carbonyl (C=O) groups excluding carboxylic acids is 1. The summed E-state index contributed by atoms with van der Waals surface area (Å²) in [5, 5.41) is 3.87. The van der Waals surface area contributed by atoms with Crippen LogP contribution in [0.3, 0.4) is 0 Å². The maximum Gasteiger partial charge on any atom is 0.271 e. The van der Waals surface area contributed by atoms with Gasteiger partial charge in [0.1, 0.15) is 17.3 Å². The van der Waals surface area contributed by atoms with Crippen molar-refractivity contribution in [3.63, 3.8) is 0 Å². The summed E-state index contributed by atoms with van der Waals surface area (Å²) < 4.78 is 45.4. The second-order valence-corrected chi connectivity index (χ2v) is 8.98. The molecule has 1 N–H and O–H groups in total. The lowest BCUT2D eigenvalue weighted by Crippen LogP contribution is -2.28. The summed E-state index contributed by atoms with van der Waals surface area (Å²) in [7, 11) is -3.61. The SMILES string of the molecule is O=C(NN=Cc1ccc(-c2ccc(F)cc2)o1)c1cccc(S(=O)(=O)N2CCCC2)c1. The summed E-state index contributed by atoms with van der Waals surface area (Å²) >= 11 is 0. The molecule has 0 spiro atoms. The van der Waals surface area contributed by atoms with Crippen molar-refractivity contribution in [2.45, 2.75) is 17.7 Å². The molecule has 3 aromatic rings. The summed E-state index contributed by atoms with van der Waals surface area (Å²) in [5.74, 6) is 0.0507. The molecule has 7 nitrogen and oxygen atoms in total. The van der Waals surface area contributed by atoms with E-state index in [2.05, 4.69) is 10.5 Å². The van der Waals surface area contributed by atoms with E-state index in [1.54, 1.807) is 24.3 Å². The molecule has 4 rings (SSSR count). The normalized spacial score (nSPS) is 14.9. The first-order valence-corrected chi connectivity index (χ1v) is 11.2. The van der Waals surface area contributed by atoms with Crippen molar-refractivity contribution in [1.82, 2.24) is 9.73 Å². The number of hydrazone groups is 1. The Morgan fingerprint density at radius 3 is 2.55 bits per heavy atom. The fourth-order valence-electron chi connectivity index (χ4n) is 3.29. The van der Waals surface area contributed by atoms with Crippen LogP contribution in [0.2, 0.25) is 0 Å². The second kappa shape index (κ2) is 8.83. The van der Waals surface area contributed by atoms with Gasteiger partial charge in [0.2, 0.25) is 10.0 Å². The highest BCUT2D eigenvalue weighted by atomic mass is 32.2. The predicted molar refractivity (Wildman–Crippen MR) is 114 cm³/mol. The molecule has 1 fully saturated rings. The van der Waals surface area contributed by atoms with E-state index >= 15 is 0 Å². The molecule has 2 heterocycles. The van der Waals surface area contributed by atoms with Crippen molar-refractivity contribution < 1.29 is 22.0 Å². The van der Waals surface area contributed by atoms with Crippen molar-refractivity contribution in [2.24, 2.45) is 5.10 Å². The van der Waals surface area contributed by atoms with Crippen LogP contribution in [0.15, 0.2) is 75.1 Å². The van der Waals surface area contributed by atoms with Gasteiger partial charge < -0.3 is 4.42 Å². The van der Waals surface area contributed by atoms with E-state index in [1.807, 2.05) is 0 Å². The van der Waals surface area contributed by atoms with Crippen LogP contribution < -0.4 is 5.43 Å².